The van der Waals surface area contributed by atoms with Crippen LogP contribution < -0.4 is 14.4 Å². The molecule has 2 aliphatic heterocycles. The number of carbonyl (C=O) groups excluding carboxylic acids is 1. The average Bonchev–Trinajstić information content (AvgIpc) is 3.11. The molecule has 2 aromatic rings. The number of fused-ring (bicyclic) bond motifs is 1. The van der Waals surface area contributed by atoms with Crippen LogP contribution in [0.25, 0.3) is 0 Å². The number of hydrogen-bond acceptors (Lipinski definition) is 4. The van der Waals surface area contributed by atoms with Crippen molar-refractivity contribution in [1.29, 1.82) is 0 Å². The minimum absolute atomic E-state index is 0.0537. The van der Waals surface area contributed by atoms with Gasteiger partial charge in [-0.25, -0.2) is 0 Å². The molecule has 25 heavy (non-hydrogen) atoms. The van der Waals surface area contributed by atoms with Crippen molar-refractivity contribution in [3.8, 4) is 11.5 Å². The monoisotopic (exact) mass is 338 g/mol. The van der Waals surface area contributed by atoms with Crippen LogP contribution in [-0.2, 0) is 0 Å². The summed E-state index contributed by atoms with van der Waals surface area (Å²) in [5.41, 5.74) is 4.50. The maximum absolute atomic E-state index is 12.8. The third-order valence-corrected chi connectivity index (χ3v) is 5.04. The fraction of sp³-hybridized carbons (Fsp3) is 0.350. The summed E-state index contributed by atoms with van der Waals surface area (Å²) in [5, 5.41) is 0. The van der Waals surface area contributed by atoms with Crippen molar-refractivity contribution in [2.75, 3.05) is 37.9 Å². The van der Waals surface area contributed by atoms with Gasteiger partial charge in [0, 0.05) is 37.4 Å². The van der Waals surface area contributed by atoms with E-state index in [0.29, 0.717) is 17.1 Å². The van der Waals surface area contributed by atoms with Crippen molar-refractivity contribution in [2.45, 2.75) is 13.8 Å². The van der Waals surface area contributed by atoms with Crippen molar-refractivity contribution in [3.05, 3.63) is 53.1 Å². The standard InChI is InChI=1S/C20H22N2O3/c1-14-3-5-17(11-15(14)2)21-7-9-22(10-8-21)20(23)16-4-6-18-19(12-16)25-13-24-18/h3-6,11-12H,7-10,13H2,1-2H3. The van der Waals surface area contributed by atoms with Crippen LogP contribution in [0.1, 0.15) is 21.5 Å². The number of carbonyl (C=O) groups is 1. The summed E-state index contributed by atoms with van der Waals surface area (Å²) in [5.74, 6) is 1.41. The Hall–Kier alpha value is -2.69. The molecule has 0 unspecified atom stereocenters. The molecule has 0 N–H and O–H groups in total. The Kier molecular flexibility index (Phi) is 3.99. The van der Waals surface area contributed by atoms with Gasteiger partial charge < -0.3 is 19.3 Å². The van der Waals surface area contributed by atoms with Gasteiger partial charge in [-0.1, -0.05) is 6.07 Å². The first-order valence-corrected chi connectivity index (χ1v) is 8.63. The van der Waals surface area contributed by atoms with E-state index in [4.69, 9.17) is 9.47 Å². The van der Waals surface area contributed by atoms with Crippen LogP contribution in [0.4, 0.5) is 5.69 Å². The van der Waals surface area contributed by atoms with Gasteiger partial charge in [0.15, 0.2) is 11.5 Å². The molecule has 1 fully saturated rings. The topological polar surface area (TPSA) is 42.0 Å². The Morgan fingerprint density at radius 2 is 1.64 bits per heavy atom. The van der Waals surface area contributed by atoms with Gasteiger partial charge in [0.25, 0.3) is 5.91 Å². The van der Waals surface area contributed by atoms with E-state index in [1.54, 1.807) is 12.1 Å². The van der Waals surface area contributed by atoms with Gasteiger partial charge in [-0.3, -0.25) is 4.79 Å². The zero-order valence-electron chi connectivity index (χ0n) is 14.6. The molecular formula is C20H22N2O3. The summed E-state index contributed by atoms with van der Waals surface area (Å²) in [7, 11) is 0. The van der Waals surface area contributed by atoms with E-state index in [1.165, 1.54) is 16.8 Å². The lowest BCUT2D eigenvalue weighted by Gasteiger charge is -2.36. The third-order valence-electron chi connectivity index (χ3n) is 5.04. The predicted molar refractivity (Wildman–Crippen MR) is 96.6 cm³/mol. The van der Waals surface area contributed by atoms with E-state index in [-0.39, 0.29) is 12.7 Å². The molecule has 2 heterocycles. The van der Waals surface area contributed by atoms with E-state index in [0.717, 1.165) is 26.2 Å². The molecule has 2 aromatic carbocycles. The van der Waals surface area contributed by atoms with E-state index < -0.39 is 0 Å². The largest absolute Gasteiger partial charge is 0.454 e. The van der Waals surface area contributed by atoms with Gasteiger partial charge >= 0.3 is 0 Å². The Morgan fingerprint density at radius 3 is 2.40 bits per heavy atom. The Morgan fingerprint density at radius 1 is 0.880 bits per heavy atom. The van der Waals surface area contributed by atoms with Gasteiger partial charge in [-0.15, -0.1) is 0 Å². The van der Waals surface area contributed by atoms with Crippen LogP contribution in [0, 0.1) is 13.8 Å². The Labute approximate surface area is 147 Å². The van der Waals surface area contributed by atoms with E-state index in [1.807, 2.05) is 11.0 Å². The van der Waals surface area contributed by atoms with E-state index in [9.17, 15) is 4.79 Å². The molecule has 0 aliphatic carbocycles. The van der Waals surface area contributed by atoms with Crippen molar-refractivity contribution in [1.82, 2.24) is 4.90 Å². The van der Waals surface area contributed by atoms with Crippen LogP contribution in [0.5, 0.6) is 11.5 Å². The SMILES string of the molecule is Cc1ccc(N2CCN(C(=O)c3ccc4c(c3)OCO4)CC2)cc1C. The molecule has 1 amide bonds. The van der Waals surface area contributed by atoms with Crippen LogP contribution in [-0.4, -0.2) is 43.8 Å². The van der Waals surface area contributed by atoms with E-state index >= 15 is 0 Å². The molecule has 0 radical (unpaired) electrons. The molecule has 5 nitrogen and oxygen atoms in total. The third kappa shape index (κ3) is 3.02. The number of ether oxygens (including phenoxy) is 2. The number of rotatable bonds is 2. The fourth-order valence-electron chi connectivity index (χ4n) is 3.30. The lowest BCUT2D eigenvalue weighted by atomic mass is 10.1. The van der Waals surface area contributed by atoms with Gasteiger partial charge in [-0.2, -0.15) is 0 Å². The quantitative estimate of drug-likeness (QED) is 0.844. The highest BCUT2D eigenvalue weighted by Gasteiger charge is 2.24. The summed E-state index contributed by atoms with van der Waals surface area (Å²) in [6, 6.07) is 11.9. The molecule has 130 valence electrons. The smallest absolute Gasteiger partial charge is 0.254 e. The number of hydrogen-bond donors (Lipinski definition) is 0. The summed E-state index contributed by atoms with van der Waals surface area (Å²) in [4.78, 5) is 17.0. The second-order valence-electron chi connectivity index (χ2n) is 6.62. The number of nitrogens with zero attached hydrogens (tertiary/aromatic N) is 2. The van der Waals surface area contributed by atoms with Crippen molar-refractivity contribution in [3.63, 3.8) is 0 Å². The molecule has 4 rings (SSSR count). The molecule has 0 spiro atoms. The highest BCUT2D eigenvalue weighted by molar-refractivity contribution is 5.95. The zero-order chi connectivity index (χ0) is 17.4. The van der Waals surface area contributed by atoms with Crippen LogP contribution >= 0.6 is 0 Å². The van der Waals surface area contributed by atoms with Crippen molar-refractivity contribution < 1.29 is 14.3 Å². The maximum Gasteiger partial charge on any atom is 0.254 e. The minimum Gasteiger partial charge on any atom is -0.454 e. The van der Waals surface area contributed by atoms with Gasteiger partial charge in [0.2, 0.25) is 6.79 Å². The molecule has 0 aromatic heterocycles. The number of aryl methyl sites for hydroxylation is 2. The van der Waals surface area contributed by atoms with Gasteiger partial charge in [0.05, 0.1) is 0 Å². The molecule has 2 aliphatic rings. The second-order valence-corrected chi connectivity index (χ2v) is 6.62. The Bertz CT molecular complexity index is 811. The zero-order valence-corrected chi connectivity index (χ0v) is 14.6. The predicted octanol–water partition coefficient (Wildman–Crippen LogP) is 2.99. The lowest BCUT2D eigenvalue weighted by molar-refractivity contribution is 0.0746. The molecule has 0 saturated carbocycles. The maximum atomic E-state index is 12.8. The summed E-state index contributed by atoms with van der Waals surface area (Å²) >= 11 is 0. The molecule has 5 heteroatoms. The Balaban J connectivity index is 1.43. The summed E-state index contributed by atoms with van der Waals surface area (Å²) in [6.07, 6.45) is 0. The summed E-state index contributed by atoms with van der Waals surface area (Å²) < 4.78 is 10.7. The summed E-state index contributed by atoms with van der Waals surface area (Å²) in [6.45, 7) is 7.62. The molecule has 0 atom stereocenters. The molecule has 0 bridgehead atoms. The van der Waals surface area contributed by atoms with E-state index in [2.05, 4.69) is 36.9 Å². The normalized spacial score (nSPS) is 16.2. The van der Waals surface area contributed by atoms with Gasteiger partial charge in [-0.05, 0) is 55.3 Å². The van der Waals surface area contributed by atoms with Crippen molar-refractivity contribution in [2.24, 2.45) is 0 Å². The average molecular weight is 338 g/mol. The molecular weight excluding hydrogens is 316 g/mol. The number of piperazine rings is 1. The van der Waals surface area contributed by atoms with Crippen LogP contribution in [0.3, 0.4) is 0 Å². The van der Waals surface area contributed by atoms with Crippen LogP contribution in [0.15, 0.2) is 36.4 Å². The first-order valence-electron chi connectivity index (χ1n) is 8.63. The highest BCUT2D eigenvalue weighted by Crippen LogP contribution is 2.33. The van der Waals surface area contributed by atoms with Crippen LogP contribution in [0.2, 0.25) is 0 Å². The number of anilines is 1. The minimum atomic E-state index is 0.0537. The fourth-order valence-corrected chi connectivity index (χ4v) is 3.30. The van der Waals surface area contributed by atoms with Gasteiger partial charge in [0.1, 0.15) is 0 Å². The number of amides is 1. The second kappa shape index (κ2) is 6.31. The van der Waals surface area contributed by atoms with Crippen molar-refractivity contribution >= 4 is 11.6 Å². The first-order chi connectivity index (χ1) is 12.1. The highest BCUT2D eigenvalue weighted by atomic mass is 16.7. The lowest BCUT2D eigenvalue weighted by Crippen LogP contribution is -2.48. The number of benzene rings is 2. The first kappa shape index (κ1) is 15.8. The molecule has 1 saturated heterocycles.